The lowest BCUT2D eigenvalue weighted by Gasteiger charge is -2.60. The first-order valence-corrected chi connectivity index (χ1v) is 24.4. The van der Waals surface area contributed by atoms with Gasteiger partial charge in [-0.25, -0.2) is 4.18 Å². The van der Waals surface area contributed by atoms with Crippen LogP contribution in [0.25, 0.3) is 0 Å². The molecule has 0 radical (unpaired) electrons. The van der Waals surface area contributed by atoms with Crippen LogP contribution in [0.3, 0.4) is 0 Å². The standard InChI is InChI=1S/C44H72O19S/c1-19(2)14-22(45)17-44(7,53)30-9-8-25-24-16-29(27-15-23(63-64(54,55)56)10-12-42(27,5)26(24)11-13-43(25,30)6)60-40-36(52)37(32(48)21(4)59-40)61-41-38(33(49)28(46)18-57-41)62-39-35(51)34(50)31(47)20(3)58-39/h11,19-21,23-25,27-41,46-53H,8-10,12-18H2,1-7H3,(H,54,55,56)/t20?,21?,23?,24?,25?,27-,28?,29+,30?,31?,32?,33?,34?,35?,36?,37?,38?,39?,40?,41?,42?,43?,44+/m1/s1. The van der Waals surface area contributed by atoms with Crippen molar-refractivity contribution in [2.24, 2.45) is 40.4 Å². The molecule has 3 heterocycles. The van der Waals surface area contributed by atoms with Crippen LogP contribution in [0.4, 0.5) is 0 Å². The Morgan fingerprint density at radius 1 is 0.828 bits per heavy atom. The van der Waals surface area contributed by atoms with Crippen LogP contribution in [0.2, 0.25) is 0 Å². The summed E-state index contributed by atoms with van der Waals surface area (Å²) in [5.74, 6) is -0.365. The van der Waals surface area contributed by atoms with Crippen molar-refractivity contribution < 1.29 is 91.2 Å². The molecule has 7 rings (SSSR count). The van der Waals surface area contributed by atoms with Crippen molar-refractivity contribution in [1.29, 1.82) is 0 Å². The average molecular weight is 937 g/mol. The van der Waals surface area contributed by atoms with E-state index in [0.29, 0.717) is 38.5 Å². The SMILES string of the molecule is CC(C)CC(=O)C[C@](C)(O)C1CCC2C3C[C@H](OC4OC(C)C(O)C(OC5OCC(O)C(O)C5OC5OC(C)C(O)C(O)C5O)C4O)[C@H]4CC(OS(=O)(=O)O)CCC4(C)C3=CCC21C. The first-order chi connectivity index (χ1) is 29.8. The second kappa shape index (κ2) is 18.9. The highest BCUT2D eigenvalue weighted by molar-refractivity contribution is 7.80. The zero-order valence-corrected chi connectivity index (χ0v) is 38.6. The highest BCUT2D eigenvalue weighted by Gasteiger charge is 2.63. The largest absolute Gasteiger partial charge is 0.397 e. The summed E-state index contributed by atoms with van der Waals surface area (Å²) in [4.78, 5) is 13.1. The van der Waals surface area contributed by atoms with E-state index >= 15 is 0 Å². The quantitative estimate of drug-likeness (QED) is 0.0905. The van der Waals surface area contributed by atoms with Gasteiger partial charge in [0.05, 0.1) is 36.6 Å². The van der Waals surface area contributed by atoms with Crippen molar-refractivity contribution in [1.82, 2.24) is 0 Å². The van der Waals surface area contributed by atoms with Crippen molar-refractivity contribution in [2.45, 2.75) is 210 Å². The number of ether oxygens (including phenoxy) is 6. The molecule has 20 heteroatoms. The van der Waals surface area contributed by atoms with Gasteiger partial charge in [0.15, 0.2) is 18.9 Å². The zero-order chi connectivity index (χ0) is 47.0. The fourth-order valence-corrected chi connectivity index (χ4v) is 13.4. The van der Waals surface area contributed by atoms with Gasteiger partial charge < -0.3 is 69.3 Å². The Bertz CT molecular complexity index is 1800. The van der Waals surface area contributed by atoms with Gasteiger partial charge >= 0.3 is 10.4 Å². The average Bonchev–Trinajstić information content (AvgIpc) is 3.57. The zero-order valence-electron chi connectivity index (χ0n) is 37.8. The van der Waals surface area contributed by atoms with Gasteiger partial charge in [0.1, 0.15) is 60.7 Å². The van der Waals surface area contributed by atoms with Gasteiger partial charge in [0.2, 0.25) is 0 Å². The molecule has 3 saturated carbocycles. The molecule has 0 aromatic heterocycles. The number of ketones is 1. The predicted molar refractivity (Wildman–Crippen MR) is 222 cm³/mol. The lowest BCUT2D eigenvalue weighted by Crippen LogP contribution is -2.65. The third-order valence-electron chi connectivity index (χ3n) is 16.1. The molecule has 3 aliphatic heterocycles. The van der Waals surface area contributed by atoms with E-state index in [1.54, 1.807) is 13.8 Å². The minimum absolute atomic E-state index is 0.0243. The summed E-state index contributed by atoms with van der Waals surface area (Å²) < 4.78 is 75.0. The molecule has 4 aliphatic carbocycles. The van der Waals surface area contributed by atoms with Gasteiger partial charge in [-0.2, -0.15) is 8.42 Å². The summed E-state index contributed by atoms with van der Waals surface area (Å²) in [7, 11) is -4.79. The Kier molecular flexibility index (Phi) is 14.9. The molecule has 0 amide bonds. The summed E-state index contributed by atoms with van der Waals surface area (Å²) in [6, 6.07) is 0. The highest BCUT2D eigenvalue weighted by Crippen LogP contribution is 2.67. The fourth-order valence-electron chi connectivity index (χ4n) is 12.9. The Hall–Kier alpha value is -1.28. The normalized spacial score (nSPS) is 49.6. The van der Waals surface area contributed by atoms with E-state index in [9.17, 15) is 58.6 Å². The van der Waals surface area contributed by atoms with E-state index in [2.05, 4.69) is 19.9 Å². The number of Topliss-reactive ketones (excluding diaryl/α,β-unsaturated/α-hetero) is 1. The van der Waals surface area contributed by atoms with Crippen LogP contribution in [0.15, 0.2) is 11.6 Å². The van der Waals surface area contributed by atoms with Crippen molar-refractivity contribution in [3.8, 4) is 0 Å². The molecule has 6 fully saturated rings. The molecule has 0 spiro atoms. The number of carbonyl (C=O) groups excluding carboxylic acids is 1. The number of carbonyl (C=O) groups is 1. The number of hydrogen-bond acceptors (Lipinski definition) is 18. The van der Waals surface area contributed by atoms with Gasteiger partial charge in [-0.1, -0.05) is 39.3 Å². The van der Waals surface area contributed by atoms with Crippen LogP contribution in [0.5, 0.6) is 0 Å². The van der Waals surface area contributed by atoms with Crippen molar-refractivity contribution in [3.05, 3.63) is 11.6 Å². The Labute approximate surface area is 375 Å². The molecule has 0 bridgehead atoms. The Balaban J connectivity index is 1.15. The Morgan fingerprint density at radius 2 is 1.47 bits per heavy atom. The summed E-state index contributed by atoms with van der Waals surface area (Å²) in [5.41, 5.74) is -0.951. The maximum Gasteiger partial charge on any atom is 0.397 e. The molecular formula is C44H72O19S. The van der Waals surface area contributed by atoms with Crippen LogP contribution < -0.4 is 0 Å². The lowest BCUT2D eigenvalue weighted by molar-refractivity contribution is -0.379. The number of aliphatic hydroxyl groups is 8. The molecule has 20 unspecified atom stereocenters. The van der Waals surface area contributed by atoms with Gasteiger partial charge in [-0.05, 0) is 106 Å². The summed E-state index contributed by atoms with van der Waals surface area (Å²) in [6.45, 7) is 12.6. The monoisotopic (exact) mass is 936 g/mol. The fraction of sp³-hybridized carbons (Fsp3) is 0.932. The first-order valence-electron chi connectivity index (χ1n) is 23.0. The maximum absolute atomic E-state index is 13.1. The molecule has 368 valence electrons. The smallest absolute Gasteiger partial charge is 0.389 e. The minimum Gasteiger partial charge on any atom is -0.389 e. The second-order valence-corrected chi connectivity index (χ2v) is 22.1. The molecule has 0 aromatic rings. The van der Waals surface area contributed by atoms with E-state index in [1.807, 2.05) is 13.8 Å². The lowest BCUT2D eigenvalue weighted by atomic mass is 9.47. The molecule has 7 aliphatic rings. The number of fused-ring (bicyclic) bond motifs is 5. The first kappa shape index (κ1) is 50.6. The molecular weight excluding hydrogens is 865 g/mol. The van der Waals surface area contributed by atoms with Gasteiger partial charge in [0, 0.05) is 12.8 Å². The van der Waals surface area contributed by atoms with Crippen molar-refractivity contribution >= 4 is 16.2 Å². The molecule has 0 aromatic carbocycles. The van der Waals surface area contributed by atoms with E-state index in [0.717, 1.165) is 6.42 Å². The number of hydrogen-bond donors (Lipinski definition) is 9. The summed E-state index contributed by atoms with van der Waals surface area (Å²) in [6.07, 6.45) is -16.4. The summed E-state index contributed by atoms with van der Waals surface area (Å²) >= 11 is 0. The molecule has 64 heavy (non-hydrogen) atoms. The van der Waals surface area contributed by atoms with E-state index in [1.165, 1.54) is 12.5 Å². The van der Waals surface area contributed by atoms with Gasteiger partial charge in [0.25, 0.3) is 0 Å². The van der Waals surface area contributed by atoms with E-state index < -0.39 is 132 Å². The number of aliphatic hydroxyl groups excluding tert-OH is 7. The molecule has 9 N–H and O–H groups in total. The third-order valence-corrected chi connectivity index (χ3v) is 16.6. The van der Waals surface area contributed by atoms with Crippen molar-refractivity contribution in [2.75, 3.05) is 6.61 Å². The topological polar surface area (TPSA) is 298 Å². The van der Waals surface area contributed by atoms with Gasteiger partial charge in [-0.15, -0.1) is 0 Å². The third kappa shape index (κ3) is 9.79. The van der Waals surface area contributed by atoms with Crippen LogP contribution in [0, 0.1) is 40.4 Å². The van der Waals surface area contributed by atoms with Crippen LogP contribution >= 0.6 is 0 Å². The van der Waals surface area contributed by atoms with Crippen LogP contribution in [-0.2, 0) is 47.8 Å². The number of allylic oxidation sites excluding steroid dienone is 2. The predicted octanol–water partition coefficient (Wildman–Crippen LogP) is 0.647. The summed E-state index contributed by atoms with van der Waals surface area (Å²) in [5, 5.41) is 88.3. The number of rotatable bonds is 13. The van der Waals surface area contributed by atoms with E-state index in [-0.39, 0.29) is 47.7 Å². The highest BCUT2D eigenvalue weighted by atomic mass is 32.3. The van der Waals surface area contributed by atoms with Gasteiger partial charge in [-0.3, -0.25) is 9.35 Å². The molecule has 23 atom stereocenters. The molecule has 3 saturated heterocycles. The maximum atomic E-state index is 13.1. The Morgan fingerprint density at radius 3 is 2.12 bits per heavy atom. The van der Waals surface area contributed by atoms with Crippen LogP contribution in [-0.4, -0.2) is 170 Å². The minimum atomic E-state index is -4.79. The van der Waals surface area contributed by atoms with Crippen LogP contribution in [0.1, 0.15) is 106 Å². The molecule has 19 nitrogen and oxygen atoms in total. The van der Waals surface area contributed by atoms with Crippen molar-refractivity contribution in [3.63, 3.8) is 0 Å². The van der Waals surface area contributed by atoms with E-state index in [4.69, 9.17) is 32.6 Å². The second-order valence-electron chi connectivity index (χ2n) is 21.1.